The molecule has 0 aliphatic heterocycles. The maximum absolute atomic E-state index is 11.9. The fraction of sp³-hybridized carbons (Fsp3) is 0.583. The van der Waals surface area contributed by atoms with Crippen LogP contribution in [0.1, 0.15) is 31.7 Å². The summed E-state index contributed by atoms with van der Waals surface area (Å²) in [4.78, 5) is 11.9. The van der Waals surface area contributed by atoms with Crippen molar-refractivity contribution in [1.29, 1.82) is 0 Å². The van der Waals surface area contributed by atoms with Gasteiger partial charge in [0.15, 0.2) is 0 Å². The third kappa shape index (κ3) is 2.64. The van der Waals surface area contributed by atoms with Crippen molar-refractivity contribution in [3.63, 3.8) is 0 Å². The van der Waals surface area contributed by atoms with Gasteiger partial charge in [-0.2, -0.15) is 0 Å². The highest BCUT2D eigenvalue weighted by molar-refractivity contribution is 5.89. The predicted octanol–water partition coefficient (Wildman–Crippen LogP) is 1.55. The van der Waals surface area contributed by atoms with Gasteiger partial charge in [0, 0.05) is 11.4 Å². The van der Waals surface area contributed by atoms with Gasteiger partial charge in [-0.3, -0.25) is 14.9 Å². The Kier molecular flexibility index (Phi) is 4.12. The van der Waals surface area contributed by atoms with E-state index in [2.05, 4.69) is 5.43 Å². The first-order valence-corrected chi connectivity index (χ1v) is 5.68. The first-order chi connectivity index (χ1) is 7.47. The summed E-state index contributed by atoms with van der Waals surface area (Å²) in [6, 6.07) is 3.47. The zero-order chi connectivity index (χ0) is 12.3. The lowest BCUT2D eigenvalue weighted by Gasteiger charge is -2.19. The topological polar surface area (TPSA) is 60.1 Å². The maximum Gasteiger partial charge on any atom is 0.255 e. The lowest BCUT2D eigenvalue weighted by molar-refractivity contribution is -0.119. The van der Waals surface area contributed by atoms with Crippen LogP contribution in [0.5, 0.6) is 0 Å². The first-order valence-electron chi connectivity index (χ1n) is 5.68. The number of carbonyl (C=O) groups excluding carboxylic acids is 1. The van der Waals surface area contributed by atoms with Gasteiger partial charge in [-0.05, 0) is 31.9 Å². The lowest BCUT2D eigenvalue weighted by atomic mass is 10.00. The van der Waals surface area contributed by atoms with Gasteiger partial charge in [-0.1, -0.05) is 20.3 Å². The van der Waals surface area contributed by atoms with Crippen LogP contribution in [-0.2, 0) is 4.79 Å². The zero-order valence-electron chi connectivity index (χ0n) is 10.4. The van der Waals surface area contributed by atoms with E-state index in [9.17, 15) is 4.79 Å². The molecule has 3 N–H and O–H groups in total. The molecule has 2 atom stereocenters. The SMILES string of the molecule is CCC(C)C(N)C(=O)Nn1c(C)ccc1C. The van der Waals surface area contributed by atoms with Crippen LogP contribution in [0.3, 0.4) is 0 Å². The number of aromatic nitrogens is 1. The minimum Gasteiger partial charge on any atom is -0.320 e. The van der Waals surface area contributed by atoms with Crippen molar-refractivity contribution in [3.8, 4) is 0 Å². The van der Waals surface area contributed by atoms with Gasteiger partial charge < -0.3 is 5.73 Å². The Balaban J connectivity index is 2.71. The Morgan fingerprint density at radius 1 is 1.44 bits per heavy atom. The van der Waals surface area contributed by atoms with E-state index < -0.39 is 6.04 Å². The molecule has 1 aromatic rings. The van der Waals surface area contributed by atoms with Crippen LogP contribution in [-0.4, -0.2) is 16.6 Å². The molecule has 1 amide bonds. The standard InChI is InChI=1S/C12H21N3O/c1-5-8(2)11(13)12(16)14-15-9(3)6-7-10(15)4/h6-8,11H,5,13H2,1-4H3,(H,14,16). The van der Waals surface area contributed by atoms with Crippen LogP contribution < -0.4 is 11.2 Å². The molecule has 0 saturated heterocycles. The third-order valence-electron chi connectivity index (χ3n) is 3.05. The summed E-state index contributed by atoms with van der Waals surface area (Å²) in [6.45, 7) is 7.91. The lowest BCUT2D eigenvalue weighted by Crippen LogP contribution is -2.43. The average molecular weight is 223 g/mol. The molecule has 0 saturated carbocycles. The smallest absolute Gasteiger partial charge is 0.255 e. The van der Waals surface area contributed by atoms with Crippen molar-refractivity contribution in [3.05, 3.63) is 23.5 Å². The second-order valence-electron chi connectivity index (χ2n) is 4.34. The minimum atomic E-state index is -0.453. The molecule has 4 nitrogen and oxygen atoms in total. The van der Waals surface area contributed by atoms with Gasteiger partial charge in [-0.15, -0.1) is 0 Å². The maximum atomic E-state index is 11.9. The molecule has 0 aromatic carbocycles. The normalized spacial score (nSPS) is 14.6. The van der Waals surface area contributed by atoms with Crippen LogP contribution in [0.4, 0.5) is 0 Å². The number of carbonyl (C=O) groups is 1. The van der Waals surface area contributed by atoms with Gasteiger partial charge in [-0.25, -0.2) is 0 Å². The molecule has 1 rings (SSSR count). The molecule has 0 aliphatic carbocycles. The highest BCUT2D eigenvalue weighted by Gasteiger charge is 2.20. The van der Waals surface area contributed by atoms with Crippen LogP contribution in [0.2, 0.25) is 0 Å². The molecule has 2 unspecified atom stereocenters. The number of rotatable bonds is 4. The van der Waals surface area contributed by atoms with Crippen LogP contribution >= 0.6 is 0 Å². The van der Waals surface area contributed by atoms with Crippen molar-refractivity contribution in [2.24, 2.45) is 11.7 Å². The summed E-state index contributed by atoms with van der Waals surface area (Å²) >= 11 is 0. The van der Waals surface area contributed by atoms with E-state index in [4.69, 9.17) is 5.73 Å². The molecule has 0 spiro atoms. The number of hydrogen-bond donors (Lipinski definition) is 2. The molecule has 90 valence electrons. The van der Waals surface area contributed by atoms with E-state index in [1.807, 2.05) is 39.8 Å². The third-order valence-corrected chi connectivity index (χ3v) is 3.05. The predicted molar refractivity (Wildman–Crippen MR) is 65.7 cm³/mol. The molecule has 0 aliphatic rings. The van der Waals surface area contributed by atoms with Gasteiger partial charge in [0.25, 0.3) is 5.91 Å². The zero-order valence-corrected chi connectivity index (χ0v) is 10.4. The van der Waals surface area contributed by atoms with Crippen molar-refractivity contribution < 1.29 is 4.79 Å². The van der Waals surface area contributed by atoms with E-state index in [1.54, 1.807) is 4.68 Å². The highest BCUT2D eigenvalue weighted by Crippen LogP contribution is 2.08. The fourth-order valence-corrected chi connectivity index (χ4v) is 1.54. The molecular weight excluding hydrogens is 202 g/mol. The Morgan fingerprint density at radius 3 is 2.38 bits per heavy atom. The molecule has 0 radical (unpaired) electrons. The van der Waals surface area contributed by atoms with Crippen LogP contribution in [0.15, 0.2) is 12.1 Å². The summed E-state index contributed by atoms with van der Waals surface area (Å²) < 4.78 is 1.77. The fourth-order valence-electron chi connectivity index (χ4n) is 1.54. The van der Waals surface area contributed by atoms with Crippen molar-refractivity contribution in [2.75, 3.05) is 5.43 Å². The second kappa shape index (κ2) is 5.16. The van der Waals surface area contributed by atoms with Gasteiger partial charge in [0.05, 0.1) is 6.04 Å². The number of hydrogen-bond acceptors (Lipinski definition) is 2. The van der Waals surface area contributed by atoms with Crippen LogP contribution in [0.25, 0.3) is 0 Å². The monoisotopic (exact) mass is 223 g/mol. The summed E-state index contributed by atoms with van der Waals surface area (Å²) in [6.07, 6.45) is 0.901. The molecule has 16 heavy (non-hydrogen) atoms. The summed E-state index contributed by atoms with van der Waals surface area (Å²) in [5.74, 6) is 0.0629. The largest absolute Gasteiger partial charge is 0.320 e. The van der Waals surface area contributed by atoms with Gasteiger partial charge in [0.2, 0.25) is 0 Å². The minimum absolute atomic E-state index is 0.128. The number of amides is 1. The van der Waals surface area contributed by atoms with E-state index >= 15 is 0 Å². The molecule has 4 heteroatoms. The van der Waals surface area contributed by atoms with Gasteiger partial charge >= 0.3 is 0 Å². The molecule has 0 bridgehead atoms. The van der Waals surface area contributed by atoms with Crippen molar-refractivity contribution in [2.45, 2.75) is 40.2 Å². The molecule has 0 fully saturated rings. The average Bonchev–Trinajstić information content (AvgIpc) is 2.58. The number of aryl methyl sites for hydroxylation is 2. The van der Waals surface area contributed by atoms with E-state index in [0.717, 1.165) is 17.8 Å². The number of nitrogens with zero attached hydrogens (tertiary/aromatic N) is 1. The summed E-state index contributed by atoms with van der Waals surface area (Å²) in [5, 5.41) is 0. The van der Waals surface area contributed by atoms with E-state index in [-0.39, 0.29) is 11.8 Å². The van der Waals surface area contributed by atoms with Crippen LogP contribution in [0, 0.1) is 19.8 Å². The summed E-state index contributed by atoms with van der Waals surface area (Å²) in [7, 11) is 0. The molecule has 1 heterocycles. The molecule has 1 aromatic heterocycles. The Hall–Kier alpha value is -1.29. The van der Waals surface area contributed by atoms with Crippen molar-refractivity contribution >= 4 is 5.91 Å². The Morgan fingerprint density at radius 2 is 1.94 bits per heavy atom. The van der Waals surface area contributed by atoms with Gasteiger partial charge in [0.1, 0.15) is 0 Å². The molecular formula is C12H21N3O. The van der Waals surface area contributed by atoms with E-state index in [1.165, 1.54) is 0 Å². The Labute approximate surface area is 96.8 Å². The first kappa shape index (κ1) is 12.8. The second-order valence-corrected chi connectivity index (χ2v) is 4.34. The number of nitrogens with two attached hydrogens (primary N) is 1. The quantitative estimate of drug-likeness (QED) is 0.813. The summed E-state index contributed by atoms with van der Waals surface area (Å²) in [5.41, 5.74) is 10.7. The van der Waals surface area contributed by atoms with E-state index in [0.29, 0.717) is 0 Å². The highest BCUT2D eigenvalue weighted by atomic mass is 16.2. The number of nitrogens with one attached hydrogen (secondary N) is 1. The Bertz CT molecular complexity index is 351. The van der Waals surface area contributed by atoms with Crippen molar-refractivity contribution in [1.82, 2.24) is 4.68 Å².